The van der Waals surface area contributed by atoms with Crippen LogP contribution in [0, 0.1) is 6.92 Å². The Bertz CT molecular complexity index is 872. The summed E-state index contributed by atoms with van der Waals surface area (Å²) in [5.74, 6) is 0.0514. The van der Waals surface area contributed by atoms with Crippen LogP contribution in [-0.4, -0.2) is 20.1 Å². The van der Waals surface area contributed by atoms with E-state index in [1.807, 2.05) is 0 Å². The van der Waals surface area contributed by atoms with Gasteiger partial charge in [-0.15, -0.1) is 0 Å². The second-order valence-electron chi connectivity index (χ2n) is 5.00. The summed E-state index contributed by atoms with van der Waals surface area (Å²) in [6.45, 7) is -1.18. The monoisotopic (exact) mass is 387 g/mol. The fraction of sp³-hybridized carbons (Fsp3) is 0.133. The first kappa shape index (κ1) is 19.0. The van der Waals surface area contributed by atoms with E-state index >= 15 is 0 Å². The highest BCUT2D eigenvalue weighted by molar-refractivity contribution is 7.89. The van der Waals surface area contributed by atoms with Crippen molar-refractivity contribution in [1.82, 2.24) is 0 Å². The van der Waals surface area contributed by atoms with Gasteiger partial charge in [0.2, 0.25) is 10.0 Å². The van der Waals surface area contributed by atoms with Gasteiger partial charge in [0.15, 0.2) is 5.11 Å². The zero-order valence-corrected chi connectivity index (χ0v) is 14.6. The van der Waals surface area contributed by atoms with E-state index in [4.69, 9.17) is 17.4 Å². The van der Waals surface area contributed by atoms with Gasteiger partial charge in [0, 0.05) is 11.4 Å². The molecule has 0 saturated carbocycles. The van der Waals surface area contributed by atoms with Crippen molar-refractivity contribution in [2.75, 3.05) is 10.6 Å². The second kappa shape index (κ2) is 7.72. The Balaban J connectivity index is 2.03. The minimum absolute atomic E-state index is 0.0117. The van der Waals surface area contributed by atoms with Crippen LogP contribution in [0.5, 0.6) is 5.75 Å². The van der Waals surface area contributed by atoms with Crippen molar-refractivity contribution in [2.45, 2.75) is 18.4 Å². The molecular formula is C15H15F2N3O3S2. The maximum atomic E-state index is 12.2. The molecular weight excluding hydrogens is 372 g/mol. The number of rotatable bonds is 5. The van der Waals surface area contributed by atoms with E-state index < -0.39 is 16.6 Å². The largest absolute Gasteiger partial charge is 0.435 e. The van der Waals surface area contributed by atoms with Crippen molar-refractivity contribution in [3.63, 3.8) is 0 Å². The Morgan fingerprint density at radius 2 is 1.80 bits per heavy atom. The van der Waals surface area contributed by atoms with Gasteiger partial charge >= 0.3 is 6.61 Å². The Kier molecular flexibility index (Phi) is 5.88. The predicted molar refractivity (Wildman–Crippen MR) is 95.5 cm³/mol. The molecule has 6 nitrogen and oxygen atoms in total. The zero-order chi connectivity index (χ0) is 18.6. The van der Waals surface area contributed by atoms with E-state index in [9.17, 15) is 17.2 Å². The van der Waals surface area contributed by atoms with Gasteiger partial charge in [-0.2, -0.15) is 8.78 Å². The summed E-state index contributed by atoms with van der Waals surface area (Å²) in [7, 11) is -3.76. The molecule has 0 heterocycles. The fourth-order valence-electron chi connectivity index (χ4n) is 1.97. The number of alkyl halides is 2. The first-order valence-corrected chi connectivity index (χ1v) is 8.87. The highest BCUT2D eigenvalue weighted by atomic mass is 32.2. The summed E-state index contributed by atoms with van der Waals surface area (Å²) in [5, 5.41) is 11.1. The van der Waals surface area contributed by atoms with Crippen LogP contribution in [0.25, 0.3) is 0 Å². The molecule has 0 unspecified atom stereocenters. The van der Waals surface area contributed by atoms with Gasteiger partial charge < -0.3 is 15.4 Å². The third-order valence-corrected chi connectivity index (χ3v) is 4.25. The minimum atomic E-state index is -3.76. The summed E-state index contributed by atoms with van der Waals surface area (Å²) in [6, 6.07) is 10.1. The maximum Gasteiger partial charge on any atom is 0.387 e. The quantitative estimate of drug-likeness (QED) is 0.683. The van der Waals surface area contributed by atoms with Crippen LogP contribution in [0.4, 0.5) is 20.2 Å². The summed E-state index contributed by atoms with van der Waals surface area (Å²) in [5.41, 5.74) is 1.83. The molecule has 0 atom stereocenters. The maximum absolute atomic E-state index is 12.2. The number of hydrogen-bond acceptors (Lipinski definition) is 4. The fourth-order valence-corrected chi connectivity index (χ4v) is 2.71. The molecule has 0 amide bonds. The highest BCUT2D eigenvalue weighted by Gasteiger charge is 2.09. The van der Waals surface area contributed by atoms with Gasteiger partial charge in [-0.05, 0) is 67.2 Å². The number of nitrogens with two attached hydrogens (primary N) is 1. The van der Waals surface area contributed by atoms with Crippen LogP contribution in [0.2, 0.25) is 0 Å². The van der Waals surface area contributed by atoms with E-state index in [-0.39, 0.29) is 15.8 Å². The van der Waals surface area contributed by atoms with E-state index in [1.54, 1.807) is 13.0 Å². The van der Waals surface area contributed by atoms with Gasteiger partial charge in [-0.1, -0.05) is 0 Å². The Hall–Kier alpha value is -2.30. The molecule has 0 spiro atoms. The standard InChI is InChI=1S/C15H15F2N3O3S2/c1-9-8-11(23-14(16)17)4-7-13(9)20-15(24)19-10-2-5-12(6-3-10)25(18,21)22/h2-8,14H,1H3,(H2,18,21,22)(H2,19,20,24). The molecule has 2 aromatic carbocycles. The average molecular weight is 387 g/mol. The lowest BCUT2D eigenvalue weighted by Crippen LogP contribution is -2.20. The molecule has 0 saturated heterocycles. The first-order chi connectivity index (χ1) is 11.6. The Morgan fingerprint density at radius 3 is 2.32 bits per heavy atom. The number of halogens is 2. The molecule has 4 N–H and O–H groups in total. The normalized spacial score (nSPS) is 11.2. The van der Waals surface area contributed by atoms with Crippen LogP contribution >= 0.6 is 12.2 Å². The molecule has 0 aromatic heterocycles. The van der Waals surface area contributed by atoms with E-state index in [0.29, 0.717) is 16.9 Å². The highest BCUT2D eigenvalue weighted by Crippen LogP contribution is 2.23. The third-order valence-electron chi connectivity index (χ3n) is 3.11. The number of ether oxygens (including phenoxy) is 1. The second-order valence-corrected chi connectivity index (χ2v) is 6.97. The molecule has 10 heteroatoms. The van der Waals surface area contributed by atoms with Crippen molar-refractivity contribution in [2.24, 2.45) is 5.14 Å². The number of thiocarbonyl (C=S) groups is 1. The van der Waals surface area contributed by atoms with Gasteiger partial charge in [-0.3, -0.25) is 0 Å². The molecule has 0 fully saturated rings. The summed E-state index contributed by atoms with van der Waals surface area (Å²) < 4.78 is 51.1. The van der Waals surface area contributed by atoms with Gasteiger partial charge in [0.25, 0.3) is 0 Å². The van der Waals surface area contributed by atoms with Crippen LogP contribution in [0.1, 0.15) is 5.56 Å². The molecule has 0 aliphatic carbocycles. The summed E-state index contributed by atoms with van der Waals surface area (Å²) in [6.07, 6.45) is 0. The number of anilines is 2. The van der Waals surface area contributed by atoms with Crippen LogP contribution in [-0.2, 0) is 10.0 Å². The third kappa shape index (κ3) is 5.62. The topological polar surface area (TPSA) is 93.4 Å². The molecule has 0 aliphatic heterocycles. The molecule has 0 bridgehead atoms. The Labute approximate surface area is 149 Å². The van der Waals surface area contributed by atoms with E-state index in [0.717, 1.165) is 0 Å². The lowest BCUT2D eigenvalue weighted by Gasteiger charge is -2.14. The first-order valence-electron chi connectivity index (χ1n) is 6.91. The van der Waals surface area contributed by atoms with Crippen molar-refractivity contribution in [1.29, 1.82) is 0 Å². The number of benzene rings is 2. The van der Waals surface area contributed by atoms with Gasteiger partial charge in [0.05, 0.1) is 4.90 Å². The number of sulfonamides is 1. The lowest BCUT2D eigenvalue weighted by molar-refractivity contribution is -0.0498. The van der Waals surface area contributed by atoms with Crippen molar-refractivity contribution in [3.05, 3.63) is 48.0 Å². The number of primary sulfonamides is 1. The Morgan fingerprint density at radius 1 is 1.16 bits per heavy atom. The van der Waals surface area contributed by atoms with Crippen LogP contribution in [0.15, 0.2) is 47.4 Å². The predicted octanol–water partition coefficient (Wildman–Crippen LogP) is 3.05. The smallest absolute Gasteiger partial charge is 0.387 e. The van der Waals surface area contributed by atoms with Crippen molar-refractivity contribution >= 4 is 38.7 Å². The minimum Gasteiger partial charge on any atom is -0.435 e. The number of aryl methyl sites for hydroxylation is 1. The molecule has 0 radical (unpaired) electrons. The van der Waals surface area contributed by atoms with Crippen LogP contribution < -0.4 is 20.5 Å². The summed E-state index contributed by atoms with van der Waals surface area (Å²) in [4.78, 5) is -0.0117. The summed E-state index contributed by atoms with van der Waals surface area (Å²) >= 11 is 5.17. The molecule has 25 heavy (non-hydrogen) atoms. The molecule has 2 aromatic rings. The zero-order valence-electron chi connectivity index (χ0n) is 13.0. The van der Waals surface area contributed by atoms with E-state index in [2.05, 4.69) is 15.4 Å². The van der Waals surface area contributed by atoms with Crippen molar-refractivity contribution in [3.8, 4) is 5.75 Å². The van der Waals surface area contributed by atoms with E-state index in [1.165, 1.54) is 36.4 Å². The number of nitrogens with one attached hydrogen (secondary N) is 2. The van der Waals surface area contributed by atoms with Crippen LogP contribution in [0.3, 0.4) is 0 Å². The number of hydrogen-bond donors (Lipinski definition) is 3. The molecule has 134 valence electrons. The molecule has 2 rings (SSSR count). The lowest BCUT2D eigenvalue weighted by atomic mass is 10.2. The average Bonchev–Trinajstić information content (AvgIpc) is 2.49. The van der Waals surface area contributed by atoms with Gasteiger partial charge in [0.1, 0.15) is 5.75 Å². The SMILES string of the molecule is Cc1cc(OC(F)F)ccc1NC(=S)Nc1ccc(S(N)(=O)=O)cc1. The molecule has 0 aliphatic rings. The van der Waals surface area contributed by atoms with Crippen molar-refractivity contribution < 1.29 is 21.9 Å². The van der Waals surface area contributed by atoms with Gasteiger partial charge in [-0.25, -0.2) is 13.6 Å².